The highest BCUT2D eigenvalue weighted by Crippen LogP contribution is 2.19. The largest absolute Gasteiger partial charge is 0.478 e. The van der Waals surface area contributed by atoms with Gasteiger partial charge in [-0.05, 0) is 51.9 Å². The number of rotatable bonds is 7. The van der Waals surface area contributed by atoms with Crippen LogP contribution < -0.4 is 11.1 Å². The SMILES string of the molecule is NCc1ccc(-c2cccnc(CC(=O)NCc3cccc(C(=O)O)c3)scc2)cc1. The number of hydrogen-bond donors (Lipinski definition) is 3. The number of nitrogens with zero attached hydrogens (tertiary/aromatic N) is 1. The summed E-state index contributed by atoms with van der Waals surface area (Å²) in [6.45, 7) is 0.767. The van der Waals surface area contributed by atoms with E-state index in [1.807, 2.05) is 47.8 Å². The quantitative estimate of drug-likeness (QED) is 0.523. The van der Waals surface area contributed by atoms with Crippen LogP contribution >= 0.6 is 11.3 Å². The van der Waals surface area contributed by atoms with E-state index < -0.39 is 5.97 Å². The summed E-state index contributed by atoms with van der Waals surface area (Å²) in [7, 11) is 0. The minimum absolute atomic E-state index is 0.137. The van der Waals surface area contributed by atoms with E-state index in [1.165, 1.54) is 17.4 Å². The van der Waals surface area contributed by atoms with E-state index in [0.717, 1.165) is 22.3 Å². The first-order valence-electron chi connectivity index (χ1n) is 9.70. The van der Waals surface area contributed by atoms with Crippen LogP contribution in [-0.4, -0.2) is 22.0 Å². The normalized spacial score (nSPS) is 10.2. The standard InChI is InChI=1S/C24H23N3O3S/c25-15-17-6-8-20(9-7-17)19-5-2-11-26-23(31-12-10-19)14-22(28)27-16-18-3-1-4-21(13-18)24(29)30/h1-13H,14-16,25H2,(H,27,28)(H,29,30). The molecule has 0 bridgehead atoms. The Balaban J connectivity index is 1.66. The molecule has 158 valence electrons. The number of nitrogens with one attached hydrogen (secondary N) is 1. The summed E-state index contributed by atoms with van der Waals surface area (Å²) >= 11 is 1.39. The molecule has 0 aliphatic heterocycles. The molecule has 0 atom stereocenters. The van der Waals surface area contributed by atoms with E-state index in [0.29, 0.717) is 11.6 Å². The molecule has 0 saturated heterocycles. The predicted molar refractivity (Wildman–Crippen MR) is 122 cm³/mol. The first-order chi connectivity index (χ1) is 15.0. The van der Waals surface area contributed by atoms with Gasteiger partial charge in [0.05, 0.1) is 12.0 Å². The summed E-state index contributed by atoms with van der Waals surface area (Å²) in [6, 6.07) is 20.4. The van der Waals surface area contributed by atoms with E-state index in [4.69, 9.17) is 10.8 Å². The average molecular weight is 434 g/mol. The zero-order valence-electron chi connectivity index (χ0n) is 16.8. The summed E-state index contributed by atoms with van der Waals surface area (Å²) in [4.78, 5) is 27.8. The number of aromatic carboxylic acids is 1. The van der Waals surface area contributed by atoms with Gasteiger partial charge in [-0.1, -0.05) is 42.5 Å². The molecule has 31 heavy (non-hydrogen) atoms. The molecule has 0 aliphatic carbocycles. The topological polar surface area (TPSA) is 105 Å². The van der Waals surface area contributed by atoms with Crippen molar-refractivity contribution in [3.63, 3.8) is 0 Å². The van der Waals surface area contributed by atoms with E-state index >= 15 is 0 Å². The van der Waals surface area contributed by atoms with Crippen molar-refractivity contribution in [1.82, 2.24) is 10.3 Å². The Bertz CT molecular complexity index is 1110. The van der Waals surface area contributed by atoms with Gasteiger partial charge in [-0.25, -0.2) is 4.79 Å². The molecule has 1 aromatic heterocycles. The maximum Gasteiger partial charge on any atom is 0.335 e. The summed E-state index contributed by atoms with van der Waals surface area (Å²) in [5.74, 6) is -1.18. The molecule has 0 saturated carbocycles. The Morgan fingerprint density at radius 1 is 0.968 bits per heavy atom. The molecule has 1 amide bonds. The molecule has 0 aliphatic rings. The van der Waals surface area contributed by atoms with Gasteiger partial charge in [0, 0.05) is 19.3 Å². The second-order valence-electron chi connectivity index (χ2n) is 6.77. The van der Waals surface area contributed by atoms with Crippen molar-refractivity contribution in [3.05, 3.63) is 100 Å². The third-order valence-corrected chi connectivity index (χ3v) is 5.32. The number of nitrogens with two attached hydrogens (primary N) is 1. The molecule has 0 spiro atoms. The van der Waals surface area contributed by atoms with Gasteiger partial charge in [0.25, 0.3) is 0 Å². The van der Waals surface area contributed by atoms with Crippen molar-refractivity contribution in [2.75, 3.05) is 0 Å². The lowest BCUT2D eigenvalue weighted by Gasteiger charge is -2.05. The van der Waals surface area contributed by atoms with Gasteiger partial charge in [-0.15, -0.1) is 11.3 Å². The fourth-order valence-electron chi connectivity index (χ4n) is 2.87. The smallest absolute Gasteiger partial charge is 0.335 e. The van der Waals surface area contributed by atoms with Crippen LogP contribution in [0.25, 0.3) is 11.1 Å². The van der Waals surface area contributed by atoms with Crippen LogP contribution in [0, 0.1) is 0 Å². The lowest BCUT2D eigenvalue weighted by atomic mass is 10.1. The molecule has 0 radical (unpaired) electrons. The average Bonchev–Trinajstić information content (AvgIpc) is 2.90. The van der Waals surface area contributed by atoms with E-state index in [9.17, 15) is 9.59 Å². The van der Waals surface area contributed by atoms with Crippen molar-refractivity contribution in [3.8, 4) is 11.1 Å². The predicted octanol–water partition coefficient (Wildman–Crippen LogP) is 3.95. The summed E-state index contributed by atoms with van der Waals surface area (Å²) in [5, 5.41) is 14.5. The van der Waals surface area contributed by atoms with Crippen LogP contribution in [0.5, 0.6) is 0 Å². The fourth-order valence-corrected chi connectivity index (χ4v) is 3.58. The van der Waals surface area contributed by atoms with Gasteiger partial charge < -0.3 is 16.2 Å². The van der Waals surface area contributed by atoms with Crippen molar-refractivity contribution in [1.29, 1.82) is 0 Å². The van der Waals surface area contributed by atoms with Crippen molar-refractivity contribution < 1.29 is 14.7 Å². The first-order valence-corrected chi connectivity index (χ1v) is 10.6. The highest BCUT2D eigenvalue weighted by atomic mass is 32.1. The van der Waals surface area contributed by atoms with E-state index in [1.54, 1.807) is 24.4 Å². The Labute approximate surface area is 184 Å². The zero-order valence-corrected chi connectivity index (χ0v) is 17.6. The van der Waals surface area contributed by atoms with Gasteiger partial charge in [0.15, 0.2) is 0 Å². The number of carbonyl (C=O) groups is 2. The van der Waals surface area contributed by atoms with Crippen molar-refractivity contribution >= 4 is 23.2 Å². The minimum Gasteiger partial charge on any atom is -0.478 e. The van der Waals surface area contributed by atoms with Crippen LogP contribution in [0.3, 0.4) is 0 Å². The molecule has 0 unspecified atom stereocenters. The van der Waals surface area contributed by atoms with Crippen LogP contribution in [0.15, 0.2) is 78.3 Å². The second-order valence-corrected chi connectivity index (χ2v) is 7.75. The molecular formula is C24H23N3O3S. The molecule has 7 heteroatoms. The number of carboxylic acids is 1. The molecule has 1 heterocycles. The molecule has 3 aromatic rings. The molecule has 0 fully saturated rings. The van der Waals surface area contributed by atoms with Gasteiger partial charge in [-0.3, -0.25) is 9.78 Å². The highest BCUT2D eigenvalue weighted by Gasteiger charge is 2.06. The third kappa shape index (κ3) is 6.74. The van der Waals surface area contributed by atoms with Crippen LogP contribution in [-0.2, 0) is 24.3 Å². The summed E-state index contributed by atoms with van der Waals surface area (Å²) in [6.07, 6.45) is 1.81. The van der Waals surface area contributed by atoms with Crippen molar-refractivity contribution in [2.45, 2.75) is 19.5 Å². The summed E-state index contributed by atoms with van der Waals surface area (Å²) < 4.78 is 0. The minimum atomic E-state index is -0.994. The lowest BCUT2D eigenvalue weighted by Crippen LogP contribution is -2.24. The second kappa shape index (κ2) is 11.0. The molecule has 2 aromatic carbocycles. The Kier molecular flexibility index (Phi) is 7.86. The number of carboxylic acid groups (broad SMARTS) is 1. The molecule has 4 N–H and O–H groups in total. The van der Waals surface area contributed by atoms with Gasteiger partial charge in [0.1, 0.15) is 5.01 Å². The Morgan fingerprint density at radius 3 is 2.48 bits per heavy atom. The number of carbonyl (C=O) groups excluding carboxylic acids is 1. The van der Waals surface area contributed by atoms with Crippen LogP contribution in [0.2, 0.25) is 0 Å². The molecule has 3 rings (SSSR count). The van der Waals surface area contributed by atoms with E-state index in [-0.39, 0.29) is 24.4 Å². The van der Waals surface area contributed by atoms with Gasteiger partial charge in [0.2, 0.25) is 5.91 Å². The highest BCUT2D eigenvalue weighted by molar-refractivity contribution is 7.09. The molecular weight excluding hydrogens is 410 g/mol. The van der Waals surface area contributed by atoms with E-state index in [2.05, 4.69) is 10.3 Å². The lowest BCUT2D eigenvalue weighted by molar-refractivity contribution is -0.120. The summed E-state index contributed by atoms with van der Waals surface area (Å²) in [5.41, 5.74) is 9.76. The Morgan fingerprint density at radius 2 is 1.74 bits per heavy atom. The third-order valence-electron chi connectivity index (χ3n) is 4.53. The maximum atomic E-state index is 12.3. The monoisotopic (exact) mass is 433 g/mol. The maximum absolute atomic E-state index is 12.3. The fraction of sp³-hybridized carbons (Fsp3) is 0.125. The van der Waals surface area contributed by atoms with Crippen molar-refractivity contribution in [2.24, 2.45) is 5.73 Å². The number of amides is 1. The first kappa shape index (κ1) is 22.1. The molecule has 6 nitrogen and oxygen atoms in total. The number of aromatic nitrogens is 1. The van der Waals surface area contributed by atoms with Gasteiger partial charge >= 0.3 is 5.97 Å². The number of hydrogen-bond acceptors (Lipinski definition) is 5. The van der Waals surface area contributed by atoms with Crippen LogP contribution in [0.4, 0.5) is 0 Å². The zero-order chi connectivity index (χ0) is 22.1. The Hall–Kier alpha value is -3.55. The number of benzene rings is 2. The van der Waals surface area contributed by atoms with Crippen LogP contribution in [0.1, 0.15) is 26.5 Å². The van der Waals surface area contributed by atoms with Gasteiger partial charge in [-0.2, -0.15) is 0 Å².